The summed E-state index contributed by atoms with van der Waals surface area (Å²) in [5, 5.41) is 7.64. The molecule has 0 unspecified atom stereocenters. The Labute approximate surface area is 109 Å². The van der Waals surface area contributed by atoms with E-state index in [4.69, 9.17) is 5.73 Å². The van der Waals surface area contributed by atoms with E-state index < -0.39 is 0 Å². The van der Waals surface area contributed by atoms with Gasteiger partial charge in [-0.25, -0.2) is 0 Å². The molecule has 0 fully saturated rings. The predicted octanol–water partition coefficient (Wildman–Crippen LogP) is 3.49. The number of hydrogen-bond acceptors (Lipinski definition) is 4. The summed E-state index contributed by atoms with van der Waals surface area (Å²) in [6, 6.07) is 10.1. The van der Waals surface area contributed by atoms with Gasteiger partial charge in [0.15, 0.2) is 0 Å². The number of fused-ring (bicyclic) bond motifs is 1. The lowest BCUT2D eigenvalue weighted by atomic mass is 10.1. The molecule has 2 aromatic heterocycles. The Morgan fingerprint density at radius 3 is 2.94 bits per heavy atom. The fourth-order valence-corrected chi connectivity index (χ4v) is 2.61. The van der Waals surface area contributed by atoms with E-state index in [2.05, 4.69) is 27.8 Å². The maximum Gasteiger partial charge on any atom is 0.0494 e. The highest BCUT2D eigenvalue weighted by molar-refractivity contribution is 7.09. The van der Waals surface area contributed by atoms with Gasteiger partial charge in [-0.15, -0.1) is 11.3 Å². The number of nitrogens with one attached hydrogen (secondary N) is 1. The Morgan fingerprint density at radius 2 is 2.11 bits per heavy atom. The van der Waals surface area contributed by atoms with Gasteiger partial charge < -0.3 is 11.1 Å². The Hall–Kier alpha value is -2.07. The van der Waals surface area contributed by atoms with Crippen molar-refractivity contribution in [2.75, 3.05) is 11.1 Å². The fraction of sp³-hybridized carbons (Fsp3) is 0.0714. The van der Waals surface area contributed by atoms with Crippen LogP contribution < -0.4 is 11.1 Å². The Kier molecular flexibility index (Phi) is 2.86. The first-order valence-corrected chi connectivity index (χ1v) is 6.61. The second-order valence-electron chi connectivity index (χ2n) is 4.06. The summed E-state index contributed by atoms with van der Waals surface area (Å²) in [6.45, 7) is 0.832. The molecule has 3 rings (SSSR count). The lowest BCUT2D eigenvalue weighted by molar-refractivity contribution is 1.20. The Morgan fingerprint density at radius 1 is 1.17 bits per heavy atom. The standard InChI is InChI=1S/C14H13N3S/c15-13-3-4-14(11-5-6-16-9-12(11)13)17-8-10-2-1-7-18-10/h1-7,9,17H,8,15H2. The molecule has 0 aliphatic heterocycles. The number of aromatic nitrogens is 1. The summed E-state index contributed by atoms with van der Waals surface area (Å²) in [5.41, 5.74) is 7.81. The molecule has 1 aromatic carbocycles. The summed E-state index contributed by atoms with van der Waals surface area (Å²) in [6.07, 6.45) is 3.60. The average molecular weight is 255 g/mol. The second kappa shape index (κ2) is 4.66. The number of hydrogen-bond donors (Lipinski definition) is 2. The summed E-state index contributed by atoms with van der Waals surface area (Å²) >= 11 is 1.75. The van der Waals surface area contributed by atoms with Crippen LogP contribution in [0.4, 0.5) is 11.4 Å². The number of thiophene rings is 1. The van der Waals surface area contributed by atoms with Crippen LogP contribution in [0, 0.1) is 0 Å². The zero-order valence-corrected chi connectivity index (χ0v) is 10.6. The van der Waals surface area contributed by atoms with Crippen LogP contribution in [0.3, 0.4) is 0 Å². The van der Waals surface area contributed by atoms with Gasteiger partial charge in [-0.1, -0.05) is 6.07 Å². The Balaban J connectivity index is 1.94. The molecule has 0 aliphatic rings. The van der Waals surface area contributed by atoms with Crippen molar-refractivity contribution in [2.24, 2.45) is 0 Å². The van der Waals surface area contributed by atoms with E-state index in [-0.39, 0.29) is 0 Å². The second-order valence-corrected chi connectivity index (χ2v) is 5.09. The van der Waals surface area contributed by atoms with E-state index in [1.165, 1.54) is 4.88 Å². The molecule has 0 radical (unpaired) electrons. The fourth-order valence-electron chi connectivity index (χ4n) is 1.96. The number of benzene rings is 1. The largest absolute Gasteiger partial charge is 0.398 e. The number of nitrogens with zero attached hydrogens (tertiary/aromatic N) is 1. The van der Waals surface area contributed by atoms with Gasteiger partial charge in [0.25, 0.3) is 0 Å². The van der Waals surface area contributed by atoms with Crippen molar-refractivity contribution < 1.29 is 0 Å². The molecule has 3 aromatic rings. The van der Waals surface area contributed by atoms with Crippen molar-refractivity contribution in [2.45, 2.75) is 6.54 Å². The molecule has 0 bridgehead atoms. The van der Waals surface area contributed by atoms with Crippen LogP contribution in [0.2, 0.25) is 0 Å². The molecule has 2 heterocycles. The zero-order valence-electron chi connectivity index (χ0n) is 9.76. The van der Waals surface area contributed by atoms with Crippen LogP contribution in [0.5, 0.6) is 0 Å². The van der Waals surface area contributed by atoms with E-state index in [1.807, 2.05) is 18.2 Å². The number of pyridine rings is 1. The first kappa shape index (κ1) is 11.0. The average Bonchev–Trinajstić information content (AvgIpc) is 2.92. The van der Waals surface area contributed by atoms with E-state index in [9.17, 15) is 0 Å². The maximum atomic E-state index is 5.95. The molecular formula is C14H13N3S. The Bertz CT molecular complexity index is 662. The van der Waals surface area contributed by atoms with E-state index in [0.717, 1.165) is 28.7 Å². The van der Waals surface area contributed by atoms with Gasteiger partial charge >= 0.3 is 0 Å². The van der Waals surface area contributed by atoms with Crippen LogP contribution in [0.25, 0.3) is 10.8 Å². The van der Waals surface area contributed by atoms with Gasteiger partial charge in [-0.3, -0.25) is 4.98 Å². The topological polar surface area (TPSA) is 50.9 Å². The zero-order chi connectivity index (χ0) is 12.4. The molecule has 0 saturated heterocycles. The van der Waals surface area contributed by atoms with Crippen molar-refractivity contribution in [3.05, 3.63) is 53.0 Å². The van der Waals surface area contributed by atoms with Crippen LogP contribution in [0.1, 0.15) is 4.88 Å². The van der Waals surface area contributed by atoms with Gasteiger partial charge in [0.2, 0.25) is 0 Å². The number of rotatable bonds is 3. The molecule has 4 heteroatoms. The van der Waals surface area contributed by atoms with Gasteiger partial charge in [-0.2, -0.15) is 0 Å². The normalized spacial score (nSPS) is 10.7. The minimum absolute atomic E-state index is 0.764. The summed E-state index contributed by atoms with van der Waals surface area (Å²) < 4.78 is 0. The minimum atomic E-state index is 0.764. The van der Waals surface area contributed by atoms with Crippen LogP contribution in [-0.4, -0.2) is 4.98 Å². The first-order valence-electron chi connectivity index (χ1n) is 5.73. The molecule has 0 saturated carbocycles. The monoisotopic (exact) mass is 255 g/mol. The van der Waals surface area contributed by atoms with E-state index >= 15 is 0 Å². The molecule has 0 atom stereocenters. The molecule has 90 valence electrons. The van der Waals surface area contributed by atoms with Crippen LogP contribution in [-0.2, 0) is 6.54 Å². The molecule has 0 spiro atoms. The van der Waals surface area contributed by atoms with Gasteiger partial charge in [0.05, 0.1) is 0 Å². The molecule has 0 aliphatic carbocycles. The summed E-state index contributed by atoms with van der Waals surface area (Å²) in [5.74, 6) is 0. The van der Waals surface area contributed by atoms with Crippen molar-refractivity contribution in [1.29, 1.82) is 0 Å². The van der Waals surface area contributed by atoms with Gasteiger partial charge in [-0.05, 0) is 29.6 Å². The number of nitrogen functional groups attached to an aromatic ring is 1. The smallest absolute Gasteiger partial charge is 0.0494 e. The summed E-state index contributed by atoms with van der Waals surface area (Å²) in [7, 11) is 0. The quantitative estimate of drug-likeness (QED) is 0.704. The van der Waals surface area contributed by atoms with E-state index in [1.54, 1.807) is 23.7 Å². The molecule has 3 N–H and O–H groups in total. The van der Waals surface area contributed by atoms with E-state index in [0.29, 0.717) is 0 Å². The van der Waals surface area contributed by atoms with Gasteiger partial charge in [0.1, 0.15) is 0 Å². The van der Waals surface area contributed by atoms with Gasteiger partial charge in [0, 0.05) is 46.0 Å². The molecular weight excluding hydrogens is 242 g/mol. The minimum Gasteiger partial charge on any atom is -0.398 e. The number of anilines is 2. The van der Waals surface area contributed by atoms with Crippen LogP contribution in [0.15, 0.2) is 48.1 Å². The third kappa shape index (κ3) is 2.02. The molecule has 0 amide bonds. The number of nitrogens with two attached hydrogens (primary N) is 1. The third-order valence-corrected chi connectivity index (χ3v) is 3.76. The third-order valence-electron chi connectivity index (χ3n) is 2.88. The first-order chi connectivity index (χ1) is 8.84. The summed E-state index contributed by atoms with van der Waals surface area (Å²) in [4.78, 5) is 5.43. The SMILES string of the molecule is Nc1ccc(NCc2cccs2)c2ccncc12. The van der Waals surface area contributed by atoms with Crippen molar-refractivity contribution >= 4 is 33.5 Å². The van der Waals surface area contributed by atoms with Crippen molar-refractivity contribution in [3.63, 3.8) is 0 Å². The molecule has 3 nitrogen and oxygen atoms in total. The highest BCUT2D eigenvalue weighted by Gasteiger charge is 2.03. The highest BCUT2D eigenvalue weighted by Crippen LogP contribution is 2.27. The van der Waals surface area contributed by atoms with Crippen molar-refractivity contribution in [3.8, 4) is 0 Å². The van der Waals surface area contributed by atoms with Crippen molar-refractivity contribution in [1.82, 2.24) is 4.98 Å². The predicted molar refractivity (Wildman–Crippen MR) is 77.8 cm³/mol. The maximum absolute atomic E-state index is 5.95. The highest BCUT2D eigenvalue weighted by atomic mass is 32.1. The lowest BCUT2D eigenvalue weighted by Crippen LogP contribution is -1.99. The molecule has 18 heavy (non-hydrogen) atoms. The van der Waals surface area contributed by atoms with Crippen LogP contribution >= 0.6 is 11.3 Å². The lowest BCUT2D eigenvalue weighted by Gasteiger charge is -2.10.